The lowest BCUT2D eigenvalue weighted by Crippen LogP contribution is -2.49. The average Bonchev–Trinajstić information content (AvgIpc) is 2.89. The van der Waals surface area contributed by atoms with Crippen LogP contribution in [0.1, 0.15) is 49.9 Å². The highest BCUT2D eigenvalue weighted by molar-refractivity contribution is 7.71. The number of hydrogen-bond donors (Lipinski definition) is 1. The van der Waals surface area contributed by atoms with Gasteiger partial charge in [-0.25, -0.2) is 0 Å². The van der Waals surface area contributed by atoms with Gasteiger partial charge in [-0.3, -0.25) is 9.67 Å². The van der Waals surface area contributed by atoms with Crippen LogP contribution in [0.4, 0.5) is 0 Å². The van der Waals surface area contributed by atoms with Crippen molar-refractivity contribution in [2.75, 3.05) is 0 Å². The molecule has 23 heavy (non-hydrogen) atoms. The fourth-order valence-electron chi connectivity index (χ4n) is 5.97. The molecule has 4 aliphatic carbocycles. The van der Waals surface area contributed by atoms with E-state index in [1.54, 1.807) is 0 Å². The standard InChI is InChI=1S/C19H23N3S/c1-12-2-4-16(5-3-12)22-17(20-21-18(22)23)19-9-13-6-14(10-19)8-15(7-13)11-19/h2-5,13-15H,6-11H2,1H3,(H,21,23). The largest absolute Gasteiger partial charge is 0.272 e. The summed E-state index contributed by atoms with van der Waals surface area (Å²) < 4.78 is 2.95. The lowest BCUT2D eigenvalue weighted by molar-refractivity contribution is -0.0102. The Morgan fingerprint density at radius 2 is 1.61 bits per heavy atom. The van der Waals surface area contributed by atoms with Gasteiger partial charge in [-0.2, -0.15) is 5.10 Å². The molecule has 1 aromatic heterocycles. The number of aryl methyl sites for hydroxylation is 1. The molecule has 4 heteroatoms. The van der Waals surface area contributed by atoms with Crippen molar-refractivity contribution in [3.63, 3.8) is 0 Å². The zero-order valence-corrected chi connectivity index (χ0v) is 14.4. The molecule has 0 saturated heterocycles. The van der Waals surface area contributed by atoms with Gasteiger partial charge in [0.25, 0.3) is 0 Å². The van der Waals surface area contributed by atoms with Crippen molar-refractivity contribution in [1.29, 1.82) is 0 Å². The fourth-order valence-corrected chi connectivity index (χ4v) is 6.21. The minimum absolute atomic E-state index is 0.257. The number of benzene rings is 1. The molecule has 120 valence electrons. The maximum Gasteiger partial charge on any atom is 0.199 e. The zero-order valence-electron chi connectivity index (χ0n) is 13.6. The number of nitrogens with one attached hydrogen (secondary N) is 1. The maximum absolute atomic E-state index is 5.59. The highest BCUT2D eigenvalue weighted by atomic mass is 32.1. The quantitative estimate of drug-likeness (QED) is 0.812. The minimum atomic E-state index is 0.257. The van der Waals surface area contributed by atoms with Crippen molar-refractivity contribution in [3.8, 4) is 5.69 Å². The number of hydrogen-bond acceptors (Lipinski definition) is 2. The third kappa shape index (κ3) is 2.07. The Hall–Kier alpha value is -1.42. The second-order valence-electron chi connectivity index (χ2n) is 8.22. The van der Waals surface area contributed by atoms with E-state index >= 15 is 0 Å². The van der Waals surface area contributed by atoms with Gasteiger partial charge < -0.3 is 0 Å². The second kappa shape index (κ2) is 4.79. The van der Waals surface area contributed by atoms with Gasteiger partial charge in [0.05, 0.1) is 0 Å². The van der Waals surface area contributed by atoms with Crippen molar-refractivity contribution in [1.82, 2.24) is 14.8 Å². The summed E-state index contributed by atoms with van der Waals surface area (Å²) in [5, 5.41) is 7.84. The Morgan fingerprint density at radius 3 is 2.17 bits per heavy atom. The summed E-state index contributed by atoms with van der Waals surface area (Å²) in [6, 6.07) is 8.66. The molecule has 1 N–H and O–H groups in total. The molecule has 1 heterocycles. The van der Waals surface area contributed by atoms with Gasteiger partial charge in [0.2, 0.25) is 0 Å². The molecule has 2 aromatic rings. The van der Waals surface area contributed by atoms with E-state index in [1.807, 2.05) is 0 Å². The Bertz CT molecular complexity index is 763. The molecule has 0 aliphatic heterocycles. The van der Waals surface area contributed by atoms with Gasteiger partial charge in [-0.15, -0.1) is 0 Å². The third-order valence-corrected chi connectivity index (χ3v) is 6.75. The number of H-pyrrole nitrogens is 1. The van der Waals surface area contributed by atoms with E-state index in [0.717, 1.165) is 28.2 Å². The van der Waals surface area contributed by atoms with Crippen molar-refractivity contribution in [3.05, 3.63) is 40.4 Å². The van der Waals surface area contributed by atoms with Crippen LogP contribution in [0.2, 0.25) is 0 Å². The third-order valence-electron chi connectivity index (χ3n) is 6.48. The SMILES string of the molecule is Cc1ccc(-n2c(C34CC5CC(CC(C5)C3)C4)n[nH]c2=S)cc1. The summed E-state index contributed by atoms with van der Waals surface area (Å²) in [5.74, 6) is 3.94. The number of nitrogens with zero attached hydrogens (tertiary/aromatic N) is 2. The van der Waals surface area contributed by atoms with E-state index in [-0.39, 0.29) is 5.41 Å². The van der Waals surface area contributed by atoms with Crippen molar-refractivity contribution in [2.45, 2.75) is 50.9 Å². The first kappa shape index (κ1) is 14.0. The van der Waals surface area contributed by atoms with E-state index in [2.05, 4.69) is 40.9 Å². The van der Waals surface area contributed by atoms with E-state index in [0.29, 0.717) is 0 Å². The Labute approximate surface area is 142 Å². The van der Waals surface area contributed by atoms with Crippen LogP contribution < -0.4 is 0 Å². The molecule has 0 radical (unpaired) electrons. The lowest BCUT2D eigenvalue weighted by Gasteiger charge is -2.56. The predicted octanol–water partition coefficient (Wildman–Crippen LogP) is 4.71. The molecule has 3 nitrogen and oxygen atoms in total. The van der Waals surface area contributed by atoms with Crippen LogP contribution in [0.15, 0.2) is 24.3 Å². The molecule has 0 atom stereocenters. The summed E-state index contributed by atoms with van der Waals surface area (Å²) >= 11 is 5.59. The first-order valence-electron chi connectivity index (χ1n) is 8.88. The molecule has 4 bridgehead atoms. The summed E-state index contributed by atoms with van der Waals surface area (Å²) in [5.41, 5.74) is 2.69. The van der Waals surface area contributed by atoms with Gasteiger partial charge >= 0.3 is 0 Å². The highest BCUT2D eigenvalue weighted by Crippen LogP contribution is 2.60. The van der Waals surface area contributed by atoms with Crippen LogP contribution in [0.3, 0.4) is 0 Å². The fraction of sp³-hybridized carbons (Fsp3) is 0.579. The second-order valence-corrected chi connectivity index (χ2v) is 8.61. The molecule has 0 unspecified atom stereocenters. The Morgan fingerprint density at radius 1 is 1.04 bits per heavy atom. The Kier molecular flexibility index (Phi) is 2.91. The van der Waals surface area contributed by atoms with Crippen LogP contribution >= 0.6 is 12.2 Å². The number of aromatic amines is 1. The van der Waals surface area contributed by atoms with Gasteiger partial charge in [-0.05, 0) is 87.6 Å². The molecular weight excluding hydrogens is 302 g/mol. The van der Waals surface area contributed by atoms with Crippen LogP contribution in [-0.4, -0.2) is 14.8 Å². The number of rotatable bonds is 2. The summed E-state index contributed by atoms with van der Waals surface area (Å²) in [6.07, 6.45) is 8.29. The first-order chi connectivity index (χ1) is 11.1. The van der Waals surface area contributed by atoms with Crippen molar-refractivity contribution < 1.29 is 0 Å². The summed E-state index contributed by atoms with van der Waals surface area (Å²) in [7, 11) is 0. The maximum atomic E-state index is 5.59. The molecule has 4 saturated carbocycles. The van der Waals surface area contributed by atoms with Crippen LogP contribution in [0.5, 0.6) is 0 Å². The van der Waals surface area contributed by atoms with Crippen molar-refractivity contribution >= 4 is 12.2 Å². The molecule has 1 aromatic carbocycles. The minimum Gasteiger partial charge on any atom is -0.272 e. The van der Waals surface area contributed by atoms with E-state index in [1.165, 1.54) is 49.9 Å². The zero-order chi connectivity index (χ0) is 15.6. The summed E-state index contributed by atoms with van der Waals surface area (Å²) in [4.78, 5) is 0. The average molecular weight is 325 g/mol. The van der Waals surface area contributed by atoms with Crippen molar-refractivity contribution in [2.24, 2.45) is 17.8 Å². The topological polar surface area (TPSA) is 33.6 Å². The van der Waals surface area contributed by atoms with Crippen LogP contribution in [-0.2, 0) is 5.41 Å². The first-order valence-corrected chi connectivity index (χ1v) is 9.29. The highest BCUT2D eigenvalue weighted by Gasteiger charge is 2.53. The normalized spacial score (nSPS) is 34.9. The smallest absolute Gasteiger partial charge is 0.199 e. The molecule has 0 amide bonds. The molecule has 6 rings (SSSR count). The molecule has 4 aliphatic rings. The van der Waals surface area contributed by atoms with Gasteiger partial charge in [0.15, 0.2) is 4.77 Å². The van der Waals surface area contributed by atoms with Crippen LogP contribution in [0, 0.1) is 29.4 Å². The van der Waals surface area contributed by atoms with Crippen LogP contribution in [0.25, 0.3) is 5.69 Å². The number of aromatic nitrogens is 3. The Balaban J connectivity index is 1.64. The van der Waals surface area contributed by atoms with Gasteiger partial charge in [-0.1, -0.05) is 17.7 Å². The van der Waals surface area contributed by atoms with Gasteiger partial charge in [0.1, 0.15) is 5.82 Å². The lowest BCUT2D eigenvalue weighted by atomic mass is 9.49. The van der Waals surface area contributed by atoms with E-state index < -0.39 is 0 Å². The monoisotopic (exact) mass is 325 g/mol. The molecular formula is C19H23N3S. The molecule has 4 fully saturated rings. The van der Waals surface area contributed by atoms with Gasteiger partial charge in [0, 0.05) is 11.1 Å². The van der Waals surface area contributed by atoms with E-state index in [9.17, 15) is 0 Å². The summed E-state index contributed by atoms with van der Waals surface area (Å²) in [6.45, 7) is 2.12. The molecule has 0 spiro atoms. The predicted molar refractivity (Wildman–Crippen MR) is 93.3 cm³/mol. The van der Waals surface area contributed by atoms with E-state index in [4.69, 9.17) is 17.3 Å².